The van der Waals surface area contributed by atoms with E-state index in [1.54, 1.807) is 6.07 Å². The van der Waals surface area contributed by atoms with E-state index < -0.39 is 6.29 Å². The number of aryl methyl sites for hydroxylation is 2. The summed E-state index contributed by atoms with van der Waals surface area (Å²) in [5, 5.41) is 0. The lowest BCUT2D eigenvalue weighted by Crippen LogP contribution is -2.26. The third-order valence-corrected chi connectivity index (χ3v) is 2.44. The van der Waals surface area contributed by atoms with Crippen molar-refractivity contribution in [1.82, 2.24) is 0 Å². The Morgan fingerprint density at radius 1 is 1.25 bits per heavy atom. The van der Waals surface area contributed by atoms with Crippen molar-refractivity contribution in [3.63, 3.8) is 0 Å². The van der Waals surface area contributed by atoms with Gasteiger partial charge in [-0.25, -0.2) is 0 Å². The van der Waals surface area contributed by atoms with Gasteiger partial charge in [0.2, 0.25) is 12.1 Å². The van der Waals surface area contributed by atoms with E-state index in [1.807, 2.05) is 19.9 Å². The van der Waals surface area contributed by atoms with E-state index >= 15 is 0 Å². The summed E-state index contributed by atoms with van der Waals surface area (Å²) in [7, 11) is 2.84. The van der Waals surface area contributed by atoms with Crippen LogP contribution in [0.4, 0.5) is 5.69 Å². The summed E-state index contributed by atoms with van der Waals surface area (Å²) in [6.45, 7) is 3.78. The van der Waals surface area contributed by atoms with Gasteiger partial charge in [0, 0.05) is 25.5 Å². The van der Waals surface area contributed by atoms with Crippen LogP contribution >= 0.6 is 0 Å². The zero-order valence-electron chi connectivity index (χ0n) is 10.0. The lowest BCUT2D eigenvalue weighted by atomic mass is 10.0. The number of ketones is 1. The molecule has 88 valence electrons. The van der Waals surface area contributed by atoms with Crippen LogP contribution in [0.1, 0.15) is 21.5 Å². The molecule has 0 unspecified atom stereocenters. The van der Waals surface area contributed by atoms with Gasteiger partial charge in [0.15, 0.2) is 0 Å². The van der Waals surface area contributed by atoms with Gasteiger partial charge in [-0.3, -0.25) is 4.79 Å². The van der Waals surface area contributed by atoms with Crippen molar-refractivity contribution in [1.29, 1.82) is 0 Å². The van der Waals surface area contributed by atoms with E-state index in [0.717, 1.165) is 11.1 Å². The molecule has 16 heavy (non-hydrogen) atoms. The molecule has 0 bridgehead atoms. The van der Waals surface area contributed by atoms with Crippen LogP contribution in [0.25, 0.3) is 0 Å². The second kappa shape index (κ2) is 5.09. The molecule has 1 rings (SSSR count). The molecule has 0 radical (unpaired) electrons. The van der Waals surface area contributed by atoms with Crippen LogP contribution in [0.5, 0.6) is 0 Å². The lowest BCUT2D eigenvalue weighted by Gasteiger charge is -2.15. The molecular formula is C12H17NO3. The van der Waals surface area contributed by atoms with Gasteiger partial charge >= 0.3 is 0 Å². The number of carbonyl (C=O) groups excluding carboxylic acids is 1. The Balaban J connectivity index is 3.17. The number of Topliss-reactive ketones (excluding diaryl/α,β-unsaturated/α-hetero) is 1. The molecule has 1 aromatic carbocycles. The summed E-state index contributed by atoms with van der Waals surface area (Å²) in [4.78, 5) is 12.0. The first-order valence-corrected chi connectivity index (χ1v) is 4.97. The predicted molar refractivity (Wildman–Crippen MR) is 62.5 cm³/mol. The second-order valence-electron chi connectivity index (χ2n) is 3.71. The van der Waals surface area contributed by atoms with E-state index in [0.29, 0.717) is 11.3 Å². The molecule has 0 aliphatic rings. The van der Waals surface area contributed by atoms with E-state index in [-0.39, 0.29) is 5.78 Å². The molecule has 1 aromatic rings. The van der Waals surface area contributed by atoms with Gasteiger partial charge in [-0.05, 0) is 31.0 Å². The van der Waals surface area contributed by atoms with Crippen LogP contribution in [-0.2, 0) is 9.47 Å². The Kier molecular flexibility index (Phi) is 4.04. The number of nitrogen functional groups attached to an aromatic ring is 1. The fourth-order valence-corrected chi connectivity index (χ4v) is 1.62. The zero-order valence-corrected chi connectivity index (χ0v) is 10.0. The molecule has 0 saturated carbocycles. The monoisotopic (exact) mass is 223 g/mol. The van der Waals surface area contributed by atoms with Crippen molar-refractivity contribution in [2.45, 2.75) is 20.1 Å². The van der Waals surface area contributed by atoms with Crippen molar-refractivity contribution in [2.24, 2.45) is 0 Å². The van der Waals surface area contributed by atoms with Crippen LogP contribution in [0.3, 0.4) is 0 Å². The maximum absolute atomic E-state index is 12.0. The molecule has 0 saturated heterocycles. The number of ether oxygens (including phenoxy) is 2. The number of benzene rings is 1. The van der Waals surface area contributed by atoms with Crippen molar-refractivity contribution in [3.8, 4) is 0 Å². The highest BCUT2D eigenvalue weighted by atomic mass is 16.7. The lowest BCUT2D eigenvalue weighted by molar-refractivity contribution is -0.0741. The minimum Gasteiger partial charge on any atom is -0.398 e. The molecule has 4 heteroatoms. The number of methoxy groups -OCH3 is 2. The molecule has 0 fully saturated rings. The largest absolute Gasteiger partial charge is 0.398 e. The van der Waals surface area contributed by atoms with Crippen LogP contribution in [0.2, 0.25) is 0 Å². The van der Waals surface area contributed by atoms with E-state index in [1.165, 1.54) is 14.2 Å². The summed E-state index contributed by atoms with van der Waals surface area (Å²) < 4.78 is 9.85. The molecule has 0 aromatic heterocycles. The van der Waals surface area contributed by atoms with Gasteiger partial charge in [-0.15, -0.1) is 0 Å². The number of rotatable bonds is 4. The van der Waals surface area contributed by atoms with Gasteiger partial charge in [0.25, 0.3) is 0 Å². The summed E-state index contributed by atoms with van der Waals surface area (Å²) in [5.74, 6) is -0.255. The van der Waals surface area contributed by atoms with Crippen molar-refractivity contribution in [3.05, 3.63) is 28.8 Å². The van der Waals surface area contributed by atoms with Gasteiger partial charge in [-0.1, -0.05) is 6.07 Å². The summed E-state index contributed by atoms with van der Waals surface area (Å²) in [5.41, 5.74) is 8.67. The standard InChI is InChI=1S/C12H17NO3/c1-7-5-8(2)10(13)9(6-7)11(14)12(15-3)16-4/h5-6,12H,13H2,1-4H3. The van der Waals surface area contributed by atoms with Gasteiger partial charge < -0.3 is 15.2 Å². The maximum Gasteiger partial charge on any atom is 0.222 e. The average molecular weight is 223 g/mol. The molecule has 0 heterocycles. The van der Waals surface area contributed by atoms with Crippen molar-refractivity contribution in [2.75, 3.05) is 20.0 Å². The molecule has 4 nitrogen and oxygen atoms in total. The second-order valence-corrected chi connectivity index (χ2v) is 3.71. The van der Waals surface area contributed by atoms with Gasteiger partial charge in [0.05, 0.1) is 0 Å². The Morgan fingerprint density at radius 2 is 1.81 bits per heavy atom. The minimum absolute atomic E-state index is 0.255. The normalized spacial score (nSPS) is 10.8. The van der Waals surface area contributed by atoms with Crippen LogP contribution in [0, 0.1) is 13.8 Å². The van der Waals surface area contributed by atoms with E-state index in [4.69, 9.17) is 15.2 Å². The van der Waals surface area contributed by atoms with E-state index in [9.17, 15) is 4.79 Å². The topological polar surface area (TPSA) is 61.5 Å². The van der Waals surface area contributed by atoms with Gasteiger partial charge in [0.1, 0.15) is 0 Å². The van der Waals surface area contributed by atoms with Gasteiger partial charge in [-0.2, -0.15) is 0 Å². The number of nitrogens with two attached hydrogens (primary N) is 1. The molecule has 0 spiro atoms. The highest BCUT2D eigenvalue weighted by molar-refractivity contribution is 6.03. The quantitative estimate of drug-likeness (QED) is 0.479. The number of carbonyl (C=O) groups is 1. The minimum atomic E-state index is -0.900. The van der Waals surface area contributed by atoms with Crippen LogP contribution < -0.4 is 5.73 Å². The Hall–Kier alpha value is -1.39. The summed E-state index contributed by atoms with van der Waals surface area (Å²) in [6.07, 6.45) is -0.900. The average Bonchev–Trinajstić information content (AvgIpc) is 2.24. The molecule has 0 aliphatic heterocycles. The highest BCUT2D eigenvalue weighted by Gasteiger charge is 2.21. The third-order valence-electron chi connectivity index (χ3n) is 2.44. The van der Waals surface area contributed by atoms with Crippen molar-refractivity contribution >= 4 is 11.5 Å². The molecular weight excluding hydrogens is 206 g/mol. The number of hydrogen-bond acceptors (Lipinski definition) is 4. The fourth-order valence-electron chi connectivity index (χ4n) is 1.62. The highest BCUT2D eigenvalue weighted by Crippen LogP contribution is 2.21. The van der Waals surface area contributed by atoms with Crippen LogP contribution in [-0.4, -0.2) is 26.3 Å². The Morgan fingerprint density at radius 3 is 2.31 bits per heavy atom. The molecule has 2 N–H and O–H groups in total. The maximum atomic E-state index is 12.0. The Bertz CT molecular complexity index is 397. The van der Waals surface area contributed by atoms with Crippen molar-refractivity contribution < 1.29 is 14.3 Å². The molecule has 0 aliphatic carbocycles. The fraction of sp³-hybridized carbons (Fsp3) is 0.417. The first kappa shape index (κ1) is 12.7. The number of anilines is 1. The third kappa shape index (κ3) is 2.40. The zero-order chi connectivity index (χ0) is 12.3. The molecule has 0 amide bonds. The summed E-state index contributed by atoms with van der Waals surface area (Å²) in [6, 6.07) is 3.68. The SMILES string of the molecule is COC(OC)C(=O)c1cc(C)cc(C)c1N. The van der Waals surface area contributed by atoms with Crippen LogP contribution in [0.15, 0.2) is 12.1 Å². The first-order chi connectivity index (χ1) is 7.51. The number of hydrogen-bond donors (Lipinski definition) is 1. The first-order valence-electron chi connectivity index (χ1n) is 4.97. The molecule has 0 atom stereocenters. The Labute approximate surface area is 95.3 Å². The summed E-state index contributed by atoms with van der Waals surface area (Å²) >= 11 is 0. The predicted octanol–water partition coefficient (Wildman–Crippen LogP) is 1.69. The van der Waals surface area contributed by atoms with E-state index in [2.05, 4.69) is 0 Å². The smallest absolute Gasteiger partial charge is 0.222 e.